The third kappa shape index (κ3) is 4.06. The maximum Gasteiger partial charge on any atom is 0.239 e. The number of fused-ring (bicyclic) bond motifs is 2. The largest absolute Gasteiger partial charge is 0.481 e. The second-order valence-electron chi connectivity index (χ2n) is 7.33. The molecular formula is C23H21N5O3. The van der Waals surface area contributed by atoms with Crippen LogP contribution in [-0.4, -0.2) is 65.2 Å². The van der Waals surface area contributed by atoms with Crippen molar-refractivity contribution in [3.05, 3.63) is 54.1 Å². The van der Waals surface area contributed by atoms with Crippen LogP contribution in [0.4, 0.5) is 5.82 Å². The summed E-state index contributed by atoms with van der Waals surface area (Å²) >= 11 is 0. The first-order valence-electron chi connectivity index (χ1n) is 10.2. The van der Waals surface area contributed by atoms with Crippen LogP contribution in [-0.2, 0) is 9.53 Å². The third-order valence-electron chi connectivity index (χ3n) is 5.41. The van der Waals surface area contributed by atoms with Crippen molar-refractivity contribution in [2.24, 2.45) is 0 Å². The highest BCUT2D eigenvalue weighted by atomic mass is 16.5. The van der Waals surface area contributed by atoms with Crippen LogP contribution < -0.4 is 10.1 Å². The van der Waals surface area contributed by atoms with Gasteiger partial charge in [0, 0.05) is 36.3 Å². The molecule has 1 atom stereocenters. The average molecular weight is 415 g/mol. The molecule has 0 aliphatic carbocycles. The third-order valence-corrected chi connectivity index (χ3v) is 5.41. The van der Waals surface area contributed by atoms with Crippen LogP contribution in [0.15, 0.2) is 42.9 Å². The fourth-order valence-corrected chi connectivity index (χ4v) is 3.83. The van der Waals surface area contributed by atoms with Crippen LogP contribution >= 0.6 is 0 Å². The molecule has 1 saturated heterocycles. The van der Waals surface area contributed by atoms with Crippen molar-refractivity contribution in [3.8, 4) is 17.6 Å². The molecule has 1 unspecified atom stereocenters. The topological polar surface area (TPSA) is 89.5 Å². The van der Waals surface area contributed by atoms with E-state index in [-0.39, 0.29) is 5.91 Å². The fourth-order valence-electron chi connectivity index (χ4n) is 3.83. The number of carbonyl (C=O) groups is 1. The van der Waals surface area contributed by atoms with Crippen LogP contribution in [0, 0.1) is 11.8 Å². The van der Waals surface area contributed by atoms with Gasteiger partial charge in [0.15, 0.2) is 0 Å². The molecule has 2 aromatic heterocycles. The van der Waals surface area contributed by atoms with Gasteiger partial charge in [0.05, 0.1) is 31.0 Å². The van der Waals surface area contributed by atoms with E-state index in [1.165, 1.54) is 6.33 Å². The normalized spacial score (nSPS) is 18.2. The van der Waals surface area contributed by atoms with Gasteiger partial charge in [-0.05, 0) is 18.2 Å². The van der Waals surface area contributed by atoms with E-state index in [1.807, 2.05) is 30.3 Å². The highest BCUT2D eigenvalue weighted by Crippen LogP contribution is 2.37. The summed E-state index contributed by atoms with van der Waals surface area (Å²) in [6.07, 6.45) is 3.14. The Balaban J connectivity index is 1.31. The van der Waals surface area contributed by atoms with Gasteiger partial charge in [-0.25, -0.2) is 15.0 Å². The van der Waals surface area contributed by atoms with Gasteiger partial charge in [0.25, 0.3) is 0 Å². The van der Waals surface area contributed by atoms with E-state index >= 15 is 0 Å². The first-order valence-corrected chi connectivity index (χ1v) is 10.2. The van der Waals surface area contributed by atoms with Crippen molar-refractivity contribution in [1.82, 2.24) is 19.9 Å². The van der Waals surface area contributed by atoms with Crippen LogP contribution in [0.3, 0.4) is 0 Å². The van der Waals surface area contributed by atoms with E-state index in [0.29, 0.717) is 29.4 Å². The Bertz CT molecular complexity index is 1180. The molecule has 1 aromatic carbocycles. The summed E-state index contributed by atoms with van der Waals surface area (Å²) in [4.78, 5) is 27.9. The zero-order chi connectivity index (χ0) is 21.0. The van der Waals surface area contributed by atoms with E-state index in [1.54, 1.807) is 6.20 Å². The Labute approximate surface area is 179 Å². The molecule has 0 bridgehead atoms. The van der Waals surface area contributed by atoms with Crippen molar-refractivity contribution in [1.29, 1.82) is 0 Å². The summed E-state index contributed by atoms with van der Waals surface area (Å²) in [6, 6.07) is 9.31. The number of carbonyl (C=O) groups excluding carboxylic acids is 1. The SMILES string of the molecule is O=C1Nc2ncccc2C1c1ncnc2cc(OCC#CCN3CCOCC3)ccc12. The molecule has 0 radical (unpaired) electrons. The molecule has 31 heavy (non-hydrogen) atoms. The molecule has 5 rings (SSSR count). The molecule has 4 heterocycles. The number of nitrogens with one attached hydrogen (secondary N) is 1. The highest BCUT2D eigenvalue weighted by Gasteiger charge is 2.34. The molecule has 8 heteroatoms. The summed E-state index contributed by atoms with van der Waals surface area (Å²) in [5.74, 6) is 6.82. The lowest BCUT2D eigenvalue weighted by Gasteiger charge is -2.24. The Morgan fingerprint density at radius 3 is 2.97 bits per heavy atom. The van der Waals surface area contributed by atoms with Crippen molar-refractivity contribution in [2.75, 3.05) is 44.8 Å². The first kappa shape index (κ1) is 19.4. The van der Waals surface area contributed by atoms with Gasteiger partial charge in [-0.15, -0.1) is 0 Å². The van der Waals surface area contributed by atoms with Gasteiger partial charge in [0.1, 0.15) is 30.4 Å². The van der Waals surface area contributed by atoms with Crippen molar-refractivity contribution >= 4 is 22.6 Å². The van der Waals surface area contributed by atoms with Crippen molar-refractivity contribution < 1.29 is 14.3 Å². The van der Waals surface area contributed by atoms with Gasteiger partial charge in [-0.1, -0.05) is 17.9 Å². The molecule has 8 nitrogen and oxygen atoms in total. The van der Waals surface area contributed by atoms with E-state index in [9.17, 15) is 4.79 Å². The van der Waals surface area contributed by atoms with Gasteiger partial charge in [0.2, 0.25) is 5.91 Å². The molecule has 156 valence electrons. The Kier molecular flexibility index (Phi) is 5.44. The fraction of sp³-hybridized carbons (Fsp3) is 0.304. The molecule has 1 N–H and O–H groups in total. The van der Waals surface area contributed by atoms with E-state index in [4.69, 9.17) is 9.47 Å². The number of amides is 1. The van der Waals surface area contributed by atoms with Crippen LogP contribution in [0.25, 0.3) is 10.9 Å². The van der Waals surface area contributed by atoms with Gasteiger partial charge in [-0.3, -0.25) is 9.69 Å². The number of pyridine rings is 1. The first-order chi connectivity index (χ1) is 15.3. The number of nitrogens with zero attached hydrogens (tertiary/aromatic N) is 4. The molecular weight excluding hydrogens is 394 g/mol. The minimum atomic E-state index is -0.507. The van der Waals surface area contributed by atoms with Crippen LogP contribution in [0.1, 0.15) is 17.2 Å². The summed E-state index contributed by atoms with van der Waals surface area (Å²) in [6.45, 7) is 4.40. The number of aromatic nitrogens is 3. The van der Waals surface area contributed by atoms with Gasteiger partial charge >= 0.3 is 0 Å². The van der Waals surface area contributed by atoms with Crippen LogP contribution in [0.2, 0.25) is 0 Å². The summed E-state index contributed by atoms with van der Waals surface area (Å²) < 4.78 is 11.1. The number of benzene rings is 1. The Hall–Kier alpha value is -3.54. The summed E-state index contributed by atoms with van der Waals surface area (Å²) in [5.41, 5.74) is 2.20. The van der Waals surface area contributed by atoms with E-state index in [0.717, 1.165) is 43.8 Å². The Morgan fingerprint density at radius 1 is 1.16 bits per heavy atom. The van der Waals surface area contributed by atoms with Gasteiger partial charge in [-0.2, -0.15) is 0 Å². The molecule has 0 spiro atoms. The van der Waals surface area contributed by atoms with Crippen LogP contribution in [0.5, 0.6) is 5.75 Å². The molecule has 1 amide bonds. The number of ether oxygens (including phenoxy) is 2. The van der Waals surface area contributed by atoms with Crippen molar-refractivity contribution in [3.63, 3.8) is 0 Å². The lowest BCUT2D eigenvalue weighted by Crippen LogP contribution is -2.36. The predicted octanol–water partition coefficient (Wildman–Crippen LogP) is 1.82. The number of hydrogen-bond donors (Lipinski definition) is 1. The number of anilines is 1. The smallest absolute Gasteiger partial charge is 0.239 e. The molecule has 3 aromatic rings. The standard InChI is InChI=1S/C23H21N5O3/c29-23-20(18-4-3-7-24-22(18)27-23)21-17-6-5-16(14-19(17)25-15-26-21)31-11-2-1-8-28-9-12-30-13-10-28/h3-7,14-15,20H,8-13H2,(H,24,27,29). The van der Waals surface area contributed by atoms with Gasteiger partial charge < -0.3 is 14.8 Å². The lowest BCUT2D eigenvalue weighted by molar-refractivity contribution is -0.116. The molecule has 0 saturated carbocycles. The van der Waals surface area contributed by atoms with Crippen molar-refractivity contribution in [2.45, 2.75) is 5.92 Å². The number of rotatable bonds is 4. The zero-order valence-electron chi connectivity index (χ0n) is 16.9. The van der Waals surface area contributed by atoms with E-state index < -0.39 is 5.92 Å². The Morgan fingerprint density at radius 2 is 2.06 bits per heavy atom. The average Bonchev–Trinajstić information content (AvgIpc) is 3.14. The molecule has 2 aliphatic rings. The summed E-state index contributed by atoms with van der Waals surface area (Å²) in [5, 5.41) is 3.64. The second-order valence-corrected chi connectivity index (χ2v) is 7.33. The minimum absolute atomic E-state index is 0.135. The monoisotopic (exact) mass is 415 g/mol. The van der Waals surface area contributed by atoms with E-state index in [2.05, 4.69) is 37.0 Å². The predicted molar refractivity (Wildman–Crippen MR) is 115 cm³/mol. The maximum atomic E-state index is 12.6. The molecule has 2 aliphatic heterocycles. The quantitative estimate of drug-likeness (QED) is 0.650. The highest BCUT2D eigenvalue weighted by molar-refractivity contribution is 6.05. The zero-order valence-corrected chi connectivity index (χ0v) is 16.9. The number of hydrogen-bond acceptors (Lipinski definition) is 7. The maximum absolute atomic E-state index is 12.6. The minimum Gasteiger partial charge on any atom is -0.481 e. The molecule has 1 fully saturated rings. The number of morpholine rings is 1. The second kappa shape index (κ2) is 8.68. The summed E-state index contributed by atoms with van der Waals surface area (Å²) in [7, 11) is 0. The lowest BCUT2D eigenvalue weighted by atomic mass is 9.95.